The third-order valence-corrected chi connectivity index (χ3v) is 5.77. The summed E-state index contributed by atoms with van der Waals surface area (Å²) >= 11 is 1.80. The van der Waals surface area contributed by atoms with Crippen molar-refractivity contribution >= 4 is 32.9 Å². The Hall–Kier alpha value is -2.90. The molecule has 0 nitrogen and oxygen atoms in total. The third-order valence-electron chi connectivity index (χ3n) is 4.89. The summed E-state index contributed by atoms with van der Waals surface area (Å²) in [5, 5.41) is 7.31. The fourth-order valence-electron chi connectivity index (χ4n) is 3.72. The van der Waals surface area contributed by atoms with Gasteiger partial charge in [0, 0.05) is 4.88 Å². The molecule has 0 N–H and O–H groups in total. The standard InChI is InChI=1S/C25H17S/c1-3-12-20-18(8-1)10-5-14-22(20)25(24-16-7-17-26-24)23-15-6-11-19-9-2-4-13-21(19)23/h1-17H. The topological polar surface area (TPSA) is 0 Å². The van der Waals surface area contributed by atoms with Crippen LogP contribution in [0, 0.1) is 5.92 Å². The highest BCUT2D eigenvalue weighted by molar-refractivity contribution is 7.10. The molecule has 0 aliphatic carbocycles. The second-order valence-electron chi connectivity index (χ2n) is 6.41. The summed E-state index contributed by atoms with van der Waals surface area (Å²) in [6, 6.07) is 34.9. The Kier molecular flexibility index (Phi) is 3.80. The van der Waals surface area contributed by atoms with Gasteiger partial charge in [0.2, 0.25) is 0 Å². The van der Waals surface area contributed by atoms with Gasteiger partial charge in [0.1, 0.15) is 0 Å². The monoisotopic (exact) mass is 349 g/mol. The Morgan fingerprint density at radius 2 is 1.04 bits per heavy atom. The molecule has 1 aromatic heterocycles. The third kappa shape index (κ3) is 2.53. The molecule has 0 amide bonds. The molecule has 0 fully saturated rings. The summed E-state index contributed by atoms with van der Waals surface area (Å²) in [6.45, 7) is 0. The lowest BCUT2D eigenvalue weighted by atomic mass is 9.84. The zero-order chi connectivity index (χ0) is 17.3. The van der Waals surface area contributed by atoms with E-state index < -0.39 is 0 Å². The fourth-order valence-corrected chi connectivity index (χ4v) is 4.52. The smallest absolute Gasteiger partial charge is 0.0743 e. The second-order valence-corrected chi connectivity index (χ2v) is 7.35. The summed E-state index contributed by atoms with van der Waals surface area (Å²) < 4.78 is 0. The average molecular weight is 349 g/mol. The highest BCUT2D eigenvalue weighted by atomic mass is 32.1. The SMILES string of the molecule is c1csc([C](c2cccc3ccccc23)c2cccc3ccccc23)c1. The summed E-state index contributed by atoms with van der Waals surface area (Å²) in [7, 11) is 0. The molecule has 0 atom stereocenters. The minimum Gasteiger partial charge on any atom is -0.148 e. The number of benzene rings is 4. The minimum atomic E-state index is 1.28. The van der Waals surface area contributed by atoms with E-state index in [0.717, 1.165) is 0 Å². The number of hydrogen-bond acceptors (Lipinski definition) is 1. The van der Waals surface area contributed by atoms with Gasteiger partial charge in [0.05, 0.1) is 5.92 Å². The normalized spacial score (nSPS) is 11.4. The van der Waals surface area contributed by atoms with Crippen molar-refractivity contribution in [3.8, 4) is 0 Å². The molecule has 1 radical (unpaired) electrons. The lowest BCUT2D eigenvalue weighted by Gasteiger charge is -2.20. The zero-order valence-electron chi connectivity index (χ0n) is 14.2. The molecule has 0 bridgehead atoms. The van der Waals surface area contributed by atoms with E-state index in [1.165, 1.54) is 43.5 Å². The van der Waals surface area contributed by atoms with Crippen molar-refractivity contribution in [1.29, 1.82) is 0 Å². The molecule has 1 heteroatoms. The van der Waals surface area contributed by atoms with E-state index in [0.29, 0.717) is 0 Å². The van der Waals surface area contributed by atoms with Crippen molar-refractivity contribution in [3.05, 3.63) is 124 Å². The van der Waals surface area contributed by atoms with Crippen molar-refractivity contribution in [2.45, 2.75) is 0 Å². The lowest BCUT2D eigenvalue weighted by molar-refractivity contribution is 1.31. The summed E-state index contributed by atoms with van der Waals surface area (Å²) in [5.41, 5.74) is 2.59. The number of thiophene rings is 1. The molecule has 5 aromatic rings. The lowest BCUT2D eigenvalue weighted by Crippen LogP contribution is -2.04. The van der Waals surface area contributed by atoms with E-state index >= 15 is 0 Å². The largest absolute Gasteiger partial charge is 0.148 e. The molecule has 0 aliphatic rings. The van der Waals surface area contributed by atoms with Crippen molar-refractivity contribution in [2.24, 2.45) is 0 Å². The van der Waals surface area contributed by atoms with Crippen LogP contribution in [0.1, 0.15) is 16.0 Å². The van der Waals surface area contributed by atoms with Gasteiger partial charge in [-0.15, -0.1) is 11.3 Å². The van der Waals surface area contributed by atoms with Crippen LogP contribution in [-0.2, 0) is 0 Å². The summed E-state index contributed by atoms with van der Waals surface area (Å²) in [6.07, 6.45) is 0. The minimum absolute atomic E-state index is 1.28. The first-order valence-corrected chi connectivity index (χ1v) is 9.67. The highest BCUT2D eigenvalue weighted by Gasteiger charge is 2.22. The maximum atomic E-state index is 2.25. The van der Waals surface area contributed by atoms with Crippen LogP contribution >= 0.6 is 11.3 Å². The zero-order valence-corrected chi connectivity index (χ0v) is 15.0. The molecule has 123 valence electrons. The van der Waals surface area contributed by atoms with Crippen molar-refractivity contribution in [1.82, 2.24) is 0 Å². The summed E-state index contributed by atoms with van der Waals surface area (Å²) in [4.78, 5) is 1.30. The molecule has 1 heterocycles. The highest BCUT2D eigenvalue weighted by Crippen LogP contribution is 2.39. The van der Waals surface area contributed by atoms with Gasteiger partial charge in [-0.05, 0) is 44.1 Å². The Morgan fingerprint density at radius 1 is 0.500 bits per heavy atom. The van der Waals surface area contributed by atoms with Crippen LogP contribution in [0.2, 0.25) is 0 Å². The quantitative estimate of drug-likeness (QED) is 0.327. The molecule has 4 aromatic carbocycles. The first-order valence-electron chi connectivity index (χ1n) is 8.79. The average Bonchev–Trinajstić information content (AvgIpc) is 3.23. The van der Waals surface area contributed by atoms with E-state index in [1.807, 2.05) is 0 Å². The Bertz CT molecular complexity index is 1100. The predicted octanol–water partition coefficient (Wildman–Crippen LogP) is 7.07. The van der Waals surface area contributed by atoms with Crippen molar-refractivity contribution < 1.29 is 0 Å². The van der Waals surface area contributed by atoms with Gasteiger partial charge >= 0.3 is 0 Å². The molecular weight excluding hydrogens is 332 g/mol. The Labute approximate surface area is 157 Å². The maximum Gasteiger partial charge on any atom is 0.0743 e. The van der Waals surface area contributed by atoms with Gasteiger partial charge in [-0.25, -0.2) is 0 Å². The van der Waals surface area contributed by atoms with E-state index in [4.69, 9.17) is 0 Å². The number of fused-ring (bicyclic) bond motifs is 2. The second kappa shape index (κ2) is 6.44. The Balaban J connectivity index is 1.85. The first kappa shape index (κ1) is 15.4. The van der Waals surface area contributed by atoms with Crippen LogP contribution in [0.5, 0.6) is 0 Å². The Morgan fingerprint density at radius 3 is 1.58 bits per heavy atom. The van der Waals surface area contributed by atoms with Gasteiger partial charge in [0.15, 0.2) is 0 Å². The van der Waals surface area contributed by atoms with E-state index in [1.54, 1.807) is 11.3 Å². The molecule has 0 spiro atoms. The molecule has 26 heavy (non-hydrogen) atoms. The van der Waals surface area contributed by atoms with Crippen LogP contribution in [-0.4, -0.2) is 0 Å². The number of hydrogen-bond donors (Lipinski definition) is 0. The van der Waals surface area contributed by atoms with Gasteiger partial charge < -0.3 is 0 Å². The van der Waals surface area contributed by atoms with E-state index in [2.05, 4.69) is 102 Å². The maximum absolute atomic E-state index is 2.25. The van der Waals surface area contributed by atoms with Crippen LogP contribution in [0.4, 0.5) is 0 Å². The molecule has 5 rings (SSSR count). The summed E-state index contributed by atoms with van der Waals surface area (Å²) in [5.74, 6) is 1.31. The first-order chi connectivity index (χ1) is 12.9. The van der Waals surface area contributed by atoms with Crippen molar-refractivity contribution in [2.75, 3.05) is 0 Å². The van der Waals surface area contributed by atoms with E-state index in [9.17, 15) is 0 Å². The van der Waals surface area contributed by atoms with Crippen LogP contribution in [0.25, 0.3) is 21.5 Å². The van der Waals surface area contributed by atoms with E-state index in [-0.39, 0.29) is 0 Å². The van der Waals surface area contributed by atoms with Gasteiger partial charge in [-0.2, -0.15) is 0 Å². The van der Waals surface area contributed by atoms with Crippen LogP contribution < -0.4 is 0 Å². The fraction of sp³-hybridized carbons (Fsp3) is 0. The van der Waals surface area contributed by atoms with Crippen LogP contribution in [0.3, 0.4) is 0 Å². The molecular formula is C25H17S. The molecule has 0 unspecified atom stereocenters. The molecule has 0 aliphatic heterocycles. The van der Waals surface area contributed by atoms with Gasteiger partial charge in [-0.3, -0.25) is 0 Å². The van der Waals surface area contributed by atoms with Crippen molar-refractivity contribution in [3.63, 3.8) is 0 Å². The predicted molar refractivity (Wildman–Crippen MR) is 113 cm³/mol. The number of rotatable bonds is 3. The van der Waals surface area contributed by atoms with Gasteiger partial charge in [-0.1, -0.05) is 91.0 Å². The van der Waals surface area contributed by atoms with Crippen LogP contribution in [0.15, 0.2) is 102 Å². The molecule has 0 saturated carbocycles. The van der Waals surface area contributed by atoms with Gasteiger partial charge in [0.25, 0.3) is 0 Å². The molecule has 0 saturated heterocycles.